The fraction of sp³-hybridized carbons (Fsp3) is 0.581. The quantitative estimate of drug-likeness (QED) is 0.365. The number of nitrogens with one attached hydrogen (secondary N) is 1. The van der Waals surface area contributed by atoms with E-state index in [0.717, 1.165) is 29.5 Å². The van der Waals surface area contributed by atoms with Crippen LogP contribution in [0.5, 0.6) is 0 Å². The van der Waals surface area contributed by atoms with Crippen LogP contribution in [-0.4, -0.2) is 62.4 Å². The van der Waals surface area contributed by atoms with Gasteiger partial charge in [0.15, 0.2) is 0 Å². The largest absolute Gasteiger partial charge is 0.379 e. The van der Waals surface area contributed by atoms with Gasteiger partial charge in [-0.2, -0.15) is 4.31 Å². The lowest BCUT2D eigenvalue weighted by Gasteiger charge is -2.57. The van der Waals surface area contributed by atoms with E-state index in [1.807, 2.05) is 12.1 Å². The van der Waals surface area contributed by atoms with E-state index in [4.69, 9.17) is 4.74 Å². The SMILES string of the molecule is O=C(Nc1ccc(C23CC4CC(CC(C4)C2)C3)cc1)[C@H]1CCCN1c1ccc(S(=O)(=O)N2CCOCC2)cc1[N+](=O)[O-]. The molecule has 2 aromatic rings. The van der Waals surface area contributed by atoms with E-state index < -0.39 is 21.0 Å². The maximum absolute atomic E-state index is 13.5. The highest BCUT2D eigenvalue weighted by atomic mass is 32.2. The average molecular weight is 595 g/mol. The zero-order valence-electron chi connectivity index (χ0n) is 23.7. The number of carbonyl (C=O) groups is 1. The number of carbonyl (C=O) groups excluding carboxylic acids is 1. The van der Waals surface area contributed by atoms with Crippen molar-refractivity contribution in [3.8, 4) is 0 Å². The molecule has 2 aliphatic heterocycles. The predicted molar refractivity (Wildman–Crippen MR) is 158 cm³/mol. The molecule has 0 radical (unpaired) electrons. The van der Waals surface area contributed by atoms with E-state index in [2.05, 4.69) is 17.4 Å². The highest BCUT2D eigenvalue weighted by Gasteiger charge is 2.51. The molecule has 0 aromatic heterocycles. The molecule has 6 fully saturated rings. The number of hydrogen-bond acceptors (Lipinski definition) is 7. The Hall–Kier alpha value is -3.02. The molecule has 224 valence electrons. The standard InChI is InChI=1S/C31H38N4O6S/c36-30(32-25-5-3-24(4-6-25)31-18-21-14-22(19-31)16-23(15-21)20-31)28-2-1-9-34(28)27-8-7-26(17-29(27)35(37)38)42(39,40)33-10-12-41-13-11-33/h3-8,17,21-23,28H,1-2,9-16,18-20H2,(H,32,36)/t21?,22?,23?,28-,31?/m1/s1. The molecule has 1 amide bonds. The van der Waals surface area contributed by atoms with Crippen molar-refractivity contribution >= 4 is 33.0 Å². The van der Waals surface area contributed by atoms with Crippen LogP contribution >= 0.6 is 0 Å². The van der Waals surface area contributed by atoms with Crippen LogP contribution in [0.3, 0.4) is 0 Å². The summed E-state index contributed by atoms with van der Waals surface area (Å²) in [6.07, 6.45) is 9.31. The fourth-order valence-corrected chi connectivity index (χ4v) is 10.3. The van der Waals surface area contributed by atoms with E-state index in [9.17, 15) is 23.3 Å². The number of ether oxygens (including phenoxy) is 1. The van der Waals surface area contributed by atoms with E-state index in [0.29, 0.717) is 24.8 Å². The Morgan fingerprint density at radius 3 is 2.21 bits per heavy atom. The van der Waals surface area contributed by atoms with Crippen molar-refractivity contribution < 1.29 is 22.9 Å². The summed E-state index contributed by atoms with van der Waals surface area (Å²) in [7, 11) is -3.90. The number of hydrogen-bond donors (Lipinski definition) is 1. The minimum absolute atomic E-state index is 0.126. The molecule has 6 aliphatic rings. The first kappa shape index (κ1) is 27.8. The summed E-state index contributed by atoms with van der Waals surface area (Å²) in [6.45, 7) is 1.45. The Morgan fingerprint density at radius 1 is 0.952 bits per heavy atom. The van der Waals surface area contributed by atoms with Crippen molar-refractivity contribution in [3.63, 3.8) is 0 Å². The van der Waals surface area contributed by atoms with E-state index in [-0.39, 0.29) is 48.5 Å². The first-order chi connectivity index (χ1) is 20.2. The molecule has 0 spiro atoms. The second-order valence-electron chi connectivity index (χ2n) is 13.0. The molecule has 0 unspecified atom stereocenters. The zero-order valence-corrected chi connectivity index (χ0v) is 24.6. The average Bonchev–Trinajstić information content (AvgIpc) is 3.47. The molecule has 1 atom stereocenters. The molecule has 4 bridgehead atoms. The van der Waals surface area contributed by atoms with E-state index in [1.165, 1.54) is 60.5 Å². The molecule has 1 N–H and O–H groups in total. The van der Waals surface area contributed by atoms with Crippen molar-refractivity contribution in [1.82, 2.24) is 4.31 Å². The molecule has 4 aliphatic carbocycles. The molecule has 42 heavy (non-hydrogen) atoms. The van der Waals surface area contributed by atoms with Crippen LogP contribution < -0.4 is 10.2 Å². The van der Waals surface area contributed by atoms with Gasteiger partial charge < -0.3 is 15.0 Å². The molecule has 11 heteroatoms. The van der Waals surface area contributed by atoms with E-state index >= 15 is 0 Å². The third-order valence-corrected chi connectivity index (χ3v) is 12.3. The lowest BCUT2D eigenvalue weighted by atomic mass is 9.48. The van der Waals surface area contributed by atoms with Crippen molar-refractivity contribution in [2.45, 2.75) is 67.7 Å². The smallest absolute Gasteiger partial charge is 0.293 e. The van der Waals surface area contributed by atoms with Gasteiger partial charge in [-0.1, -0.05) is 12.1 Å². The second kappa shape index (κ2) is 10.6. The number of rotatable bonds is 7. The first-order valence-electron chi connectivity index (χ1n) is 15.3. The second-order valence-corrected chi connectivity index (χ2v) is 15.0. The lowest BCUT2D eigenvalue weighted by Crippen LogP contribution is -2.48. The number of morpholine rings is 1. The summed E-state index contributed by atoms with van der Waals surface area (Å²) in [6, 6.07) is 11.8. The monoisotopic (exact) mass is 594 g/mol. The summed E-state index contributed by atoms with van der Waals surface area (Å²) in [5.41, 5.74) is 2.35. The van der Waals surface area contributed by atoms with Crippen LogP contribution in [0, 0.1) is 27.9 Å². The molecule has 8 rings (SSSR count). The minimum atomic E-state index is -3.90. The first-order valence-corrected chi connectivity index (χ1v) is 16.7. The van der Waals surface area contributed by atoms with Crippen molar-refractivity contribution in [1.29, 1.82) is 0 Å². The number of sulfonamides is 1. The number of anilines is 2. The summed E-state index contributed by atoms with van der Waals surface area (Å²) in [4.78, 5) is 26.6. The number of benzene rings is 2. The van der Waals surface area contributed by atoms with Crippen LogP contribution in [0.15, 0.2) is 47.4 Å². The summed E-state index contributed by atoms with van der Waals surface area (Å²) in [5, 5.41) is 15.2. The van der Waals surface area contributed by atoms with Crippen LogP contribution in [0.1, 0.15) is 56.9 Å². The van der Waals surface area contributed by atoms with Crippen molar-refractivity contribution in [2.75, 3.05) is 43.1 Å². The molecule has 2 saturated heterocycles. The number of nitro groups is 1. The third-order valence-electron chi connectivity index (χ3n) is 10.4. The predicted octanol–water partition coefficient (Wildman–Crippen LogP) is 4.69. The maximum atomic E-state index is 13.5. The van der Waals surface area contributed by atoms with Gasteiger partial charge in [0.2, 0.25) is 15.9 Å². The molecule has 4 saturated carbocycles. The van der Waals surface area contributed by atoms with Gasteiger partial charge in [0.1, 0.15) is 11.7 Å². The fourth-order valence-electron chi connectivity index (χ4n) is 8.91. The Morgan fingerprint density at radius 2 is 1.60 bits per heavy atom. The summed E-state index contributed by atoms with van der Waals surface area (Å²) < 4.78 is 32.8. The minimum Gasteiger partial charge on any atom is -0.379 e. The Labute approximate surface area is 246 Å². The van der Waals surface area contributed by atoms with Gasteiger partial charge in [-0.15, -0.1) is 0 Å². The molecule has 10 nitrogen and oxygen atoms in total. The van der Waals surface area contributed by atoms with Gasteiger partial charge in [-0.3, -0.25) is 14.9 Å². The van der Waals surface area contributed by atoms with Gasteiger partial charge in [0.05, 0.1) is 23.0 Å². The highest BCUT2D eigenvalue weighted by molar-refractivity contribution is 7.89. The van der Waals surface area contributed by atoms with Gasteiger partial charge in [0, 0.05) is 31.4 Å². The van der Waals surface area contributed by atoms with Crippen LogP contribution in [0.2, 0.25) is 0 Å². The number of nitro benzene ring substituents is 1. The van der Waals surface area contributed by atoms with E-state index in [1.54, 1.807) is 4.90 Å². The normalized spacial score (nSPS) is 30.9. The zero-order chi connectivity index (χ0) is 29.1. The third kappa shape index (κ3) is 4.89. The Balaban J connectivity index is 1.08. The lowest BCUT2D eigenvalue weighted by molar-refractivity contribution is -0.384. The van der Waals surface area contributed by atoms with Crippen LogP contribution in [0.4, 0.5) is 17.1 Å². The van der Waals surface area contributed by atoms with Crippen molar-refractivity contribution in [3.05, 3.63) is 58.1 Å². The molecule has 2 aromatic carbocycles. The molecular formula is C31H38N4O6S. The van der Waals surface area contributed by atoms with Gasteiger partial charge in [-0.25, -0.2) is 8.42 Å². The Bertz CT molecular complexity index is 1450. The van der Waals surface area contributed by atoms with Gasteiger partial charge in [-0.05, 0) is 104 Å². The van der Waals surface area contributed by atoms with Crippen LogP contribution in [0.25, 0.3) is 0 Å². The Kier molecular flexibility index (Phi) is 7.02. The van der Waals surface area contributed by atoms with Crippen molar-refractivity contribution in [2.24, 2.45) is 17.8 Å². The summed E-state index contributed by atoms with van der Waals surface area (Å²) >= 11 is 0. The topological polar surface area (TPSA) is 122 Å². The van der Waals surface area contributed by atoms with Crippen LogP contribution in [-0.2, 0) is 25.0 Å². The maximum Gasteiger partial charge on any atom is 0.293 e. The van der Waals surface area contributed by atoms with Gasteiger partial charge >= 0.3 is 0 Å². The number of amides is 1. The number of nitrogens with zero attached hydrogens (tertiary/aromatic N) is 3. The highest BCUT2D eigenvalue weighted by Crippen LogP contribution is 2.60. The molecular weight excluding hydrogens is 556 g/mol. The summed E-state index contributed by atoms with van der Waals surface area (Å²) in [5.74, 6) is 2.37. The van der Waals surface area contributed by atoms with Gasteiger partial charge in [0.25, 0.3) is 5.69 Å². The molecule has 2 heterocycles.